The largest absolute Gasteiger partial charge is 0.497 e. The van der Waals surface area contributed by atoms with Crippen LogP contribution in [0.4, 0.5) is 5.69 Å². The van der Waals surface area contributed by atoms with Crippen LogP contribution in [0.2, 0.25) is 0 Å². The zero-order valence-electron chi connectivity index (χ0n) is 13.2. The fourth-order valence-corrected chi connectivity index (χ4v) is 1.65. The van der Waals surface area contributed by atoms with E-state index in [-0.39, 0.29) is 18.8 Å². The molecule has 0 fully saturated rings. The molecule has 8 heteroatoms. The first kappa shape index (κ1) is 18.3. The first-order valence-corrected chi connectivity index (χ1v) is 6.73. The molecule has 1 amide bonds. The monoisotopic (exact) mass is 324 g/mol. The Morgan fingerprint density at radius 1 is 1.22 bits per heavy atom. The van der Waals surface area contributed by atoms with Gasteiger partial charge in [-0.25, -0.2) is 4.79 Å². The van der Waals surface area contributed by atoms with Crippen molar-refractivity contribution in [3.63, 3.8) is 0 Å². The number of amides is 1. The number of anilines is 1. The van der Waals surface area contributed by atoms with Crippen LogP contribution in [0.25, 0.3) is 0 Å². The van der Waals surface area contributed by atoms with E-state index < -0.39 is 11.9 Å². The number of hydrogen-bond acceptors (Lipinski definition) is 7. The summed E-state index contributed by atoms with van der Waals surface area (Å²) in [6.45, 7) is -0.165. The Balaban J connectivity index is 3.07. The highest BCUT2D eigenvalue weighted by Crippen LogP contribution is 2.30. The van der Waals surface area contributed by atoms with E-state index in [4.69, 9.17) is 14.6 Å². The third-order valence-corrected chi connectivity index (χ3v) is 2.78. The van der Waals surface area contributed by atoms with Crippen molar-refractivity contribution in [3.8, 4) is 11.5 Å². The summed E-state index contributed by atoms with van der Waals surface area (Å²) in [5.74, 6) is -0.257. The molecule has 0 aliphatic heterocycles. The van der Waals surface area contributed by atoms with Crippen molar-refractivity contribution in [3.05, 3.63) is 30.0 Å². The van der Waals surface area contributed by atoms with Crippen LogP contribution in [0.1, 0.15) is 0 Å². The molecular weight excluding hydrogens is 304 g/mol. The summed E-state index contributed by atoms with van der Waals surface area (Å²) >= 11 is 0. The Labute approximate surface area is 134 Å². The van der Waals surface area contributed by atoms with Crippen LogP contribution < -0.4 is 20.1 Å². The van der Waals surface area contributed by atoms with Crippen LogP contribution in [0.15, 0.2) is 30.0 Å². The molecule has 3 N–H and O–H groups in total. The maximum Gasteiger partial charge on any atom is 0.332 e. The highest BCUT2D eigenvalue weighted by atomic mass is 16.5. The van der Waals surface area contributed by atoms with Gasteiger partial charge in [-0.05, 0) is 12.1 Å². The van der Waals surface area contributed by atoms with E-state index in [1.165, 1.54) is 21.3 Å². The maximum atomic E-state index is 12.1. The number of aliphatic hydroxyl groups excluding tert-OH is 1. The molecule has 0 bridgehead atoms. The lowest BCUT2D eigenvalue weighted by molar-refractivity contribution is -0.135. The molecule has 0 atom stereocenters. The normalized spacial score (nSPS) is 10.7. The van der Waals surface area contributed by atoms with Crippen molar-refractivity contribution in [2.45, 2.75) is 0 Å². The predicted octanol–water partition coefficient (Wildman–Crippen LogP) is 0.281. The third kappa shape index (κ3) is 5.51. The van der Waals surface area contributed by atoms with Crippen molar-refractivity contribution in [1.82, 2.24) is 5.32 Å². The van der Waals surface area contributed by atoms with Gasteiger partial charge in [0.25, 0.3) is 5.91 Å². The molecule has 0 aromatic heterocycles. The average molecular weight is 324 g/mol. The highest BCUT2D eigenvalue weighted by Gasteiger charge is 2.14. The van der Waals surface area contributed by atoms with Crippen molar-refractivity contribution >= 4 is 17.6 Å². The van der Waals surface area contributed by atoms with E-state index in [0.717, 1.165) is 6.08 Å². The summed E-state index contributed by atoms with van der Waals surface area (Å²) in [7, 11) is 4.19. The van der Waals surface area contributed by atoms with E-state index in [2.05, 4.69) is 15.4 Å². The van der Waals surface area contributed by atoms with Gasteiger partial charge in [0.05, 0.1) is 39.7 Å². The number of carbonyl (C=O) groups excluding carboxylic acids is 2. The second kappa shape index (κ2) is 9.31. The van der Waals surface area contributed by atoms with E-state index in [1.807, 2.05) is 0 Å². The van der Waals surface area contributed by atoms with E-state index in [9.17, 15) is 9.59 Å². The van der Waals surface area contributed by atoms with Gasteiger partial charge >= 0.3 is 5.97 Å². The van der Waals surface area contributed by atoms with Crippen LogP contribution >= 0.6 is 0 Å². The first-order chi connectivity index (χ1) is 11.0. The van der Waals surface area contributed by atoms with Gasteiger partial charge in [-0.15, -0.1) is 0 Å². The molecule has 0 saturated heterocycles. The number of aliphatic hydroxyl groups is 1. The Kier molecular flexibility index (Phi) is 7.41. The molecule has 1 aromatic carbocycles. The first-order valence-electron chi connectivity index (χ1n) is 6.73. The van der Waals surface area contributed by atoms with Gasteiger partial charge in [-0.1, -0.05) is 0 Å². The van der Waals surface area contributed by atoms with Gasteiger partial charge in [-0.2, -0.15) is 0 Å². The summed E-state index contributed by atoms with van der Waals surface area (Å²) in [6.07, 6.45) is 1.01. The standard InChI is InChI=1S/C15H20N2O6/c1-21-10-4-5-11(13(8-10)22-2)17-12(9-14(19)23-3)15(20)16-6-7-18/h4-5,8-9,17-18H,6-7H2,1-3H3,(H,16,20)/b12-9-. The predicted molar refractivity (Wildman–Crippen MR) is 83.4 cm³/mol. The summed E-state index contributed by atoms with van der Waals surface area (Å²) in [5.41, 5.74) is 0.413. The Hall–Kier alpha value is -2.74. The second-order valence-corrected chi connectivity index (χ2v) is 4.25. The minimum atomic E-state index is -0.695. The molecule has 0 saturated carbocycles. The van der Waals surface area contributed by atoms with Crippen molar-refractivity contribution in [1.29, 1.82) is 0 Å². The zero-order chi connectivity index (χ0) is 17.2. The Morgan fingerprint density at radius 2 is 1.96 bits per heavy atom. The molecule has 23 heavy (non-hydrogen) atoms. The number of hydrogen-bond donors (Lipinski definition) is 3. The summed E-state index contributed by atoms with van der Waals surface area (Å²) in [4.78, 5) is 23.5. The molecule has 0 heterocycles. The van der Waals surface area contributed by atoms with Crippen molar-refractivity contribution in [2.24, 2.45) is 0 Å². The fraction of sp³-hybridized carbons (Fsp3) is 0.333. The van der Waals surface area contributed by atoms with E-state index >= 15 is 0 Å². The Morgan fingerprint density at radius 3 is 2.52 bits per heavy atom. The number of ether oxygens (including phenoxy) is 3. The van der Waals surface area contributed by atoms with Crippen LogP contribution in [-0.2, 0) is 14.3 Å². The van der Waals surface area contributed by atoms with Crippen molar-refractivity contribution in [2.75, 3.05) is 39.8 Å². The summed E-state index contributed by atoms with van der Waals surface area (Å²) in [5, 5.41) is 14.0. The van der Waals surface area contributed by atoms with E-state index in [0.29, 0.717) is 17.2 Å². The number of methoxy groups -OCH3 is 3. The molecular formula is C15H20N2O6. The topological polar surface area (TPSA) is 106 Å². The summed E-state index contributed by atoms with van der Waals surface area (Å²) in [6, 6.07) is 4.94. The molecule has 126 valence electrons. The average Bonchev–Trinajstić information content (AvgIpc) is 2.58. The number of carbonyl (C=O) groups is 2. The quantitative estimate of drug-likeness (QED) is 0.466. The van der Waals surface area contributed by atoms with Gasteiger partial charge in [0.2, 0.25) is 0 Å². The molecule has 1 aromatic rings. The van der Waals surface area contributed by atoms with Gasteiger partial charge < -0.3 is 30.0 Å². The molecule has 0 aliphatic rings. The minimum Gasteiger partial charge on any atom is -0.497 e. The number of benzene rings is 1. The molecule has 0 radical (unpaired) electrons. The highest BCUT2D eigenvalue weighted by molar-refractivity contribution is 6.02. The van der Waals surface area contributed by atoms with Crippen LogP contribution in [0, 0.1) is 0 Å². The number of nitrogens with one attached hydrogen (secondary N) is 2. The molecule has 8 nitrogen and oxygen atoms in total. The van der Waals surface area contributed by atoms with Gasteiger partial charge in [0.15, 0.2) is 0 Å². The third-order valence-electron chi connectivity index (χ3n) is 2.78. The van der Waals surface area contributed by atoms with Gasteiger partial charge in [-0.3, -0.25) is 4.79 Å². The smallest absolute Gasteiger partial charge is 0.332 e. The SMILES string of the molecule is COC(=O)/C=C(\Nc1ccc(OC)cc1OC)C(=O)NCCO. The number of esters is 1. The second-order valence-electron chi connectivity index (χ2n) is 4.25. The van der Waals surface area contributed by atoms with Crippen LogP contribution in [0.3, 0.4) is 0 Å². The lowest BCUT2D eigenvalue weighted by Gasteiger charge is -2.14. The minimum absolute atomic E-state index is 0.0474. The van der Waals surface area contributed by atoms with Crippen LogP contribution in [0.5, 0.6) is 11.5 Å². The summed E-state index contributed by atoms with van der Waals surface area (Å²) < 4.78 is 14.8. The molecule has 0 aliphatic carbocycles. The van der Waals surface area contributed by atoms with Crippen LogP contribution in [-0.4, -0.2) is 51.5 Å². The van der Waals surface area contributed by atoms with Gasteiger partial charge in [0, 0.05) is 12.6 Å². The lowest BCUT2D eigenvalue weighted by Crippen LogP contribution is -2.31. The van der Waals surface area contributed by atoms with Gasteiger partial charge in [0.1, 0.15) is 17.2 Å². The number of rotatable bonds is 8. The lowest BCUT2D eigenvalue weighted by atomic mass is 10.2. The van der Waals surface area contributed by atoms with Crippen molar-refractivity contribution < 1.29 is 28.9 Å². The molecule has 0 unspecified atom stereocenters. The Bertz CT molecular complexity index is 585. The molecule has 0 spiro atoms. The van der Waals surface area contributed by atoms with E-state index in [1.54, 1.807) is 18.2 Å². The zero-order valence-corrected chi connectivity index (χ0v) is 13.2. The molecule has 1 rings (SSSR count). The maximum absolute atomic E-state index is 12.1. The fourth-order valence-electron chi connectivity index (χ4n) is 1.65.